The summed E-state index contributed by atoms with van der Waals surface area (Å²) in [6, 6.07) is 8.32. The van der Waals surface area contributed by atoms with Crippen LogP contribution in [0.2, 0.25) is 0 Å². The zero-order valence-corrected chi connectivity index (χ0v) is 16.0. The number of amides is 2. The van der Waals surface area contributed by atoms with Crippen molar-refractivity contribution in [1.82, 2.24) is 20.1 Å². The van der Waals surface area contributed by atoms with Crippen molar-refractivity contribution >= 4 is 22.7 Å². The molecule has 27 heavy (non-hydrogen) atoms. The topological polar surface area (TPSA) is 65.5 Å². The highest BCUT2D eigenvalue weighted by molar-refractivity contribution is 6.06. The van der Waals surface area contributed by atoms with E-state index in [1.165, 1.54) is 0 Å². The van der Waals surface area contributed by atoms with Gasteiger partial charge in [0, 0.05) is 43.3 Å². The molecule has 0 atom stereocenters. The molecule has 0 spiro atoms. The van der Waals surface area contributed by atoms with E-state index in [4.69, 9.17) is 0 Å². The number of carbonyl (C=O) groups excluding carboxylic acids is 2. The fourth-order valence-electron chi connectivity index (χ4n) is 3.63. The lowest BCUT2D eigenvalue weighted by molar-refractivity contribution is -0.122. The molecule has 2 heterocycles. The van der Waals surface area contributed by atoms with Crippen LogP contribution in [0.1, 0.15) is 34.5 Å². The van der Waals surface area contributed by atoms with Gasteiger partial charge in [0.1, 0.15) is 0 Å². The Bertz CT molecular complexity index is 883. The normalized spacial score (nSPS) is 17.9. The molecule has 1 N–H and O–H groups in total. The first-order chi connectivity index (χ1) is 13.0. The molecule has 0 unspecified atom stereocenters. The van der Waals surface area contributed by atoms with Crippen LogP contribution in [-0.2, 0) is 4.79 Å². The first-order valence-electron chi connectivity index (χ1n) is 9.68. The summed E-state index contributed by atoms with van der Waals surface area (Å²) >= 11 is 0. The van der Waals surface area contributed by atoms with Crippen LogP contribution in [-0.4, -0.2) is 65.4 Å². The maximum absolute atomic E-state index is 13.2. The molecule has 1 saturated heterocycles. The summed E-state index contributed by atoms with van der Waals surface area (Å²) in [6.45, 7) is 7.12. The predicted molar refractivity (Wildman–Crippen MR) is 105 cm³/mol. The molecule has 0 bridgehead atoms. The first-order valence-corrected chi connectivity index (χ1v) is 9.68. The van der Waals surface area contributed by atoms with Crippen LogP contribution in [0.5, 0.6) is 0 Å². The van der Waals surface area contributed by atoms with Crippen LogP contribution < -0.4 is 5.32 Å². The lowest BCUT2D eigenvalue weighted by Crippen LogP contribution is -2.51. The Hall–Kier alpha value is -2.47. The Kier molecular flexibility index (Phi) is 4.83. The van der Waals surface area contributed by atoms with Crippen molar-refractivity contribution in [3.8, 4) is 0 Å². The average molecular weight is 366 g/mol. The molecule has 142 valence electrons. The molecule has 4 rings (SSSR count). The zero-order chi connectivity index (χ0) is 19.0. The number of nitrogens with zero attached hydrogens (tertiary/aromatic N) is 3. The van der Waals surface area contributed by atoms with Crippen LogP contribution in [0.15, 0.2) is 24.3 Å². The Balaban J connectivity index is 1.44. The van der Waals surface area contributed by atoms with E-state index in [2.05, 4.69) is 15.2 Å². The minimum absolute atomic E-state index is 0.0539. The van der Waals surface area contributed by atoms with Gasteiger partial charge in [-0.05, 0) is 44.9 Å². The largest absolute Gasteiger partial charge is 0.352 e. The van der Waals surface area contributed by atoms with Crippen molar-refractivity contribution < 1.29 is 9.59 Å². The van der Waals surface area contributed by atoms with Crippen molar-refractivity contribution in [2.45, 2.75) is 32.7 Å². The number of nitrogens with one attached hydrogen (secondary N) is 1. The number of piperazine rings is 1. The van der Waals surface area contributed by atoms with Gasteiger partial charge in [0.05, 0.1) is 17.6 Å². The van der Waals surface area contributed by atoms with Gasteiger partial charge in [-0.25, -0.2) is 0 Å². The number of aromatic nitrogens is 1. The molecular formula is C21H26N4O2. The molecule has 2 fully saturated rings. The van der Waals surface area contributed by atoms with E-state index < -0.39 is 0 Å². The minimum Gasteiger partial charge on any atom is -0.352 e. The maximum Gasteiger partial charge on any atom is 0.254 e. The number of hydrogen-bond donors (Lipinski definition) is 1. The number of aryl methyl sites for hydroxylation is 2. The molecule has 2 aliphatic rings. The highest BCUT2D eigenvalue weighted by atomic mass is 16.2. The molecule has 2 aromatic rings. The lowest BCUT2D eigenvalue weighted by Gasteiger charge is -2.34. The number of carbonyl (C=O) groups is 2. The van der Waals surface area contributed by atoms with Crippen molar-refractivity contribution in [3.63, 3.8) is 0 Å². The van der Waals surface area contributed by atoms with Crippen LogP contribution in [0.4, 0.5) is 0 Å². The highest BCUT2D eigenvalue weighted by Crippen LogP contribution is 2.22. The van der Waals surface area contributed by atoms with Gasteiger partial charge in [0.15, 0.2) is 0 Å². The molecule has 1 saturated carbocycles. The second kappa shape index (κ2) is 7.27. The van der Waals surface area contributed by atoms with Crippen molar-refractivity contribution in [2.75, 3.05) is 32.7 Å². The average Bonchev–Trinajstić information content (AvgIpc) is 3.45. The third-order valence-corrected chi connectivity index (χ3v) is 5.29. The van der Waals surface area contributed by atoms with Crippen LogP contribution in [0, 0.1) is 13.8 Å². The molecule has 1 aliphatic heterocycles. The first kappa shape index (κ1) is 17.9. The summed E-state index contributed by atoms with van der Waals surface area (Å²) in [5.74, 6) is 0.154. The van der Waals surface area contributed by atoms with Crippen LogP contribution in [0.25, 0.3) is 10.9 Å². The van der Waals surface area contributed by atoms with E-state index in [0.717, 1.165) is 53.7 Å². The quantitative estimate of drug-likeness (QED) is 0.897. The van der Waals surface area contributed by atoms with E-state index in [1.54, 1.807) is 0 Å². The van der Waals surface area contributed by atoms with E-state index >= 15 is 0 Å². The van der Waals surface area contributed by atoms with Crippen molar-refractivity contribution in [3.05, 3.63) is 41.1 Å². The molecule has 1 aliphatic carbocycles. The number of fused-ring (bicyclic) bond motifs is 1. The number of pyridine rings is 1. The van der Waals surface area contributed by atoms with E-state index in [1.807, 2.05) is 43.0 Å². The van der Waals surface area contributed by atoms with Gasteiger partial charge in [-0.1, -0.05) is 11.6 Å². The second-order valence-electron chi connectivity index (χ2n) is 7.74. The summed E-state index contributed by atoms with van der Waals surface area (Å²) in [5, 5.41) is 3.94. The summed E-state index contributed by atoms with van der Waals surface area (Å²) in [5.41, 5.74) is 3.55. The van der Waals surface area contributed by atoms with Crippen molar-refractivity contribution in [2.24, 2.45) is 0 Å². The minimum atomic E-state index is 0.0539. The number of hydrogen-bond acceptors (Lipinski definition) is 4. The second-order valence-corrected chi connectivity index (χ2v) is 7.74. The maximum atomic E-state index is 13.2. The van der Waals surface area contributed by atoms with Crippen molar-refractivity contribution in [1.29, 1.82) is 0 Å². The lowest BCUT2D eigenvalue weighted by atomic mass is 10.0. The van der Waals surface area contributed by atoms with Gasteiger partial charge in [0.2, 0.25) is 5.91 Å². The zero-order valence-electron chi connectivity index (χ0n) is 16.0. The van der Waals surface area contributed by atoms with Gasteiger partial charge < -0.3 is 10.2 Å². The van der Waals surface area contributed by atoms with Gasteiger partial charge in [-0.15, -0.1) is 0 Å². The molecule has 2 amide bonds. The van der Waals surface area contributed by atoms with E-state index in [-0.39, 0.29) is 11.8 Å². The fraction of sp³-hybridized carbons (Fsp3) is 0.476. The molecule has 6 nitrogen and oxygen atoms in total. The van der Waals surface area contributed by atoms with Gasteiger partial charge >= 0.3 is 0 Å². The summed E-state index contributed by atoms with van der Waals surface area (Å²) in [7, 11) is 0. The Morgan fingerprint density at radius 2 is 1.85 bits per heavy atom. The summed E-state index contributed by atoms with van der Waals surface area (Å²) in [6.07, 6.45) is 2.21. The standard InChI is InChI=1S/C21H26N4O2/c1-14-3-6-19-17(11-14)18(12-15(2)22-19)21(27)25-9-7-24(8-10-25)13-20(26)23-16-4-5-16/h3,6,11-12,16H,4-5,7-10,13H2,1-2H3,(H,23,26). The highest BCUT2D eigenvalue weighted by Gasteiger charge is 2.27. The van der Waals surface area contributed by atoms with E-state index in [0.29, 0.717) is 25.7 Å². The Morgan fingerprint density at radius 3 is 2.56 bits per heavy atom. The Morgan fingerprint density at radius 1 is 1.11 bits per heavy atom. The van der Waals surface area contributed by atoms with Gasteiger partial charge in [-0.3, -0.25) is 19.5 Å². The smallest absolute Gasteiger partial charge is 0.254 e. The molecule has 1 aromatic heterocycles. The van der Waals surface area contributed by atoms with E-state index in [9.17, 15) is 9.59 Å². The molecule has 1 aromatic carbocycles. The SMILES string of the molecule is Cc1ccc2nc(C)cc(C(=O)N3CCN(CC(=O)NC4CC4)CC3)c2c1. The fourth-order valence-corrected chi connectivity index (χ4v) is 3.63. The number of rotatable bonds is 4. The number of benzene rings is 1. The van der Waals surface area contributed by atoms with Crippen LogP contribution in [0.3, 0.4) is 0 Å². The molecular weight excluding hydrogens is 340 g/mol. The third-order valence-electron chi connectivity index (χ3n) is 5.29. The monoisotopic (exact) mass is 366 g/mol. The predicted octanol–water partition coefficient (Wildman–Crippen LogP) is 1.89. The summed E-state index contributed by atoms with van der Waals surface area (Å²) in [4.78, 5) is 33.7. The summed E-state index contributed by atoms with van der Waals surface area (Å²) < 4.78 is 0. The Labute approximate surface area is 159 Å². The van der Waals surface area contributed by atoms with Gasteiger partial charge in [-0.2, -0.15) is 0 Å². The van der Waals surface area contributed by atoms with Gasteiger partial charge in [0.25, 0.3) is 5.91 Å². The van der Waals surface area contributed by atoms with Crippen LogP contribution >= 0.6 is 0 Å². The molecule has 0 radical (unpaired) electrons. The molecule has 6 heteroatoms. The third kappa shape index (κ3) is 4.11.